The quantitative estimate of drug-likeness (QED) is 0.807. The molecule has 1 aliphatic carbocycles. The number of hydrogen-bond acceptors (Lipinski definition) is 7. The molecule has 2 aromatic heterocycles. The highest BCUT2D eigenvalue weighted by atomic mass is 32.1. The van der Waals surface area contributed by atoms with Crippen LogP contribution in [0.3, 0.4) is 0 Å². The predicted octanol–water partition coefficient (Wildman–Crippen LogP) is 2.10. The standard InChI is InChI=1S/C16H23N5OS/c1-12-17-14(11-23-12)9-20-4-6-21(7-5-20)10-16-18-15(19-22-16)8-13-2-3-13/h11,13H,2-10H2,1H3. The van der Waals surface area contributed by atoms with Crippen molar-refractivity contribution in [1.82, 2.24) is 24.9 Å². The van der Waals surface area contributed by atoms with Crippen molar-refractivity contribution >= 4 is 11.3 Å². The molecule has 2 fully saturated rings. The van der Waals surface area contributed by atoms with E-state index in [-0.39, 0.29) is 0 Å². The monoisotopic (exact) mass is 333 g/mol. The van der Waals surface area contributed by atoms with Crippen LogP contribution in [-0.2, 0) is 19.5 Å². The van der Waals surface area contributed by atoms with Crippen LogP contribution in [0.2, 0.25) is 0 Å². The van der Waals surface area contributed by atoms with Crippen molar-refractivity contribution in [2.45, 2.75) is 39.3 Å². The molecule has 23 heavy (non-hydrogen) atoms. The number of aryl methyl sites for hydroxylation is 1. The minimum Gasteiger partial charge on any atom is -0.338 e. The molecule has 0 amide bonds. The highest BCUT2D eigenvalue weighted by Crippen LogP contribution is 2.31. The summed E-state index contributed by atoms with van der Waals surface area (Å²) < 4.78 is 5.40. The van der Waals surface area contributed by atoms with Crippen LogP contribution in [0.1, 0.15) is 35.3 Å². The van der Waals surface area contributed by atoms with E-state index in [1.54, 1.807) is 11.3 Å². The maximum absolute atomic E-state index is 5.40. The van der Waals surface area contributed by atoms with E-state index in [1.165, 1.54) is 18.5 Å². The zero-order valence-electron chi connectivity index (χ0n) is 13.6. The summed E-state index contributed by atoms with van der Waals surface area (Å²) in [6.45, 7) is 8.03. The van der Waals surface area contributed by atoms with E-state index < -0.39 is 0 Å². The molecule has 0 unspecified atom stereocenters. The highest BCUT2D eigenvalue weighted by Gasteiger charge is 2.25. The second kappa shape index (κ2) is 6.67. The van der Waals surface area contributed by atoms with Crippen molar-refractivity contribution in [3.63, 3.8) is 0 Å². The van der Waals surface area contributed by atoms with Crippen LogP contribution in [0.5, 0.6) is 0 Å². The molecule has 6 nitrogen and oxygen atoms in total. The average molecular weight is 333 g/mol. The Hall–Kier alpha value is -1.31. The number of piperazine rings is 1. The molecule has 1 saturated carbocycles. The van der Waals surface area contributed by atoms with Crippen LogP contribution in [0, 0.1) is 12.8 Å². The zero-order chi connectivity index (χ0) is 15.6. The third-order valence-corrected chi connectivity index (χ3v) is 5.38. The first kappa shape index (κ1) is 15.2. The van der Waals surface area contributed by atoms with Gasteiger partial charge in [0.2, 0.25) is 5.89 Å². The predicted molar refractivity (Wildman–Crippen MR) is 88.1 cm³/mol. The second-order valence-electron chi connectivity index (χ2n) is 6.66. The summed E-state index contributed by atoms with van der Waals surface area (Å²) in [6, 6.07) is 0. The molecule has 0 radical (unpaired) electrons. The Bertz CT molecular complexity index is 642. The van der Waals surface area contributed by atoms with Crippen molar-refractivity contribution in [3.8, 4) is 0 Å². The Morgan fingerprint density at radius 3 is 2.52 bits per heavy atom. The molecule has 7 heteroatoms. The Balaban J connectivity index is 1.23. The number of aromatic nitrogens is 3. The third kappa shape index (κ3) is 4.16. The zero-order valence-corrected chi connectivity index (χ0v) is 14.4. The van der Waals surface area contributed by atoms with Crippen LogP contribution in [0.25, 0.3) is 0 Å². The summed E-state index contributed by atoms with van der Waals surface area (Å²) in [4.78, 5) is 14.0. The summed E-state index contributed by atoms with van der Waals surface area (Å²) in [5.41, 5.74) is 1.20. The van der Waals surface area contributed by atoms with Crippen LogP contribution < -0.4 is 0 Å². The molecule has 1 aliphatic heterocycles. The lowest BCUT2D eigenvalue weighted by atomic mass is 10.3. The smallest absolute Gasteiger partial charge is 0.240 e. The number of hydrogen-bond donors (Lipinski definition) is 0. The summed E-state index contributed by atoms with van der Waals surface area (Å²) in [5, 5.41) is 7.42. The first-order valence-corrected chi connectivity index (χ1v) is 9.30. The molecule has 0 spiro atoms. The van der Waals surface area contributed by atoms with E-state index in [4.69, 9.17) is 4.52 Å². The minimum atomic E-state index is 0.768. The first-order chi connectivity index (χ1) is 11.2. The van der Waals surface area contributed by atoms with Gasteiger partial charge in [0.05, 0.1) is 17.2 Å². The number of thiazole rings is 1. The lowest BCUT2D eigenvalue weighted by Gasteiger charge is -2.33. The maximum Gasteiger partial charge on any atom is 0.240 e. The normalized spacial score (nSPS) is 20.2. The van der Waals surface area contributed by atoms with E-state index in [0.717, 1.165) is 68.3 Å². The molecule has 1 saturated heterocycles. The lowest BCUT2D eigenvalue weighted by molar-refractivity contribution is 0.111. The van der Waals surface area contributed by atoms with Crippen molar-refractivity contribution < 1.29 is 4.52 Å². The van der Waals surface area contributed by atoms with Gasteiger partial charge in [-0.2, -0.15) is 4.98 Å². The van der Waals surface area contributed by atoms with E-state index in [9.17, 15) is 0 Å². The second-order valence-corrected chi connectivity index (χ2v) is 7.72. The Labute approximate surface area is 140 Å². The molecule has 0 N–H and O–H groups in total. The van der Waals surface area contributed by atoms with Gasteiger partial charge in [-0.3, -0.25) is 9.80 Å². The first-order valence-electron chi connectivity index (χ1n) is 8.42. The Morgan fingerprint density at radius 1 is 1.13 bits per heavy atom. The molecule has 2 aromatic rings. The van der Waals surface area contributed by atoms with Crippen molar-refractivity contribution in [1.29, 1.82) is 0 Å². The van der Waals surface area contributed by atoms with Gasteiger partial charge in [0.15, 0.2) is 5.82 Å². The Kier molecular flexibility index (Phi) is 4.41. The molecule has 0 aromatic carbocycles. The fourth-order valence-electron chi connectivity index (χ4n) is 3.02. The molecule has 4 rings (SSSR count). The molecule has 0 atom stereocenters. The van der Waals surface area contributed by atoms with E-state index >= 15 is 0 Å². The highest BCUT2D eigenvalue weighted by molar-refractivity contribution is 7.09. The van der Waals surface area contributed by atoms with Gasteiger partial charge in [0.1, 0.15) is 0 Å². The van der Waals surface area contributed by atoms with Crippen LogP contribution >= 0.6 is 11.3 Å². The Morgan fingerprint density at radius 2 is 1.87 bits per heavy atom. The van der Waals surface area contributed by atoms with Crippen molar-refractivity contribution in [2.24, 2.45) is 5.92 Å². The fraction of sp³-hybridized carbons (Fsp3) is 0.688. The SMILES string of the molecule is Cc1nc(CN2CCN(Cc3nc(CC4CC4)no3)CC2)cs1. The lowest BCUT2D eigenvalue weighted by Crippen LogP contribution is -2.45. The molecular formula is C16H23N5OS. The van der Waals surface area contributed by atoms with Gasteiger partial charge in [-0.1, -0.05) is 5.16 Å². The van der Waals surface area contributed by atoms with Crippen LogP contribution in [0.4, 0.5) is 0 Å². The van der Waals surface area contributed by atoms with Gasteiger partial charge in [0, 0.05) is 44.5 Å². The molecule has 0 bridgehead atoms. The summed E-state index contributed by atoms with van der Waals surface area (Å²) >= 11 is 1.73. The molecule has 3 heterocycles. The number of rotatable bonds is 6. The van der Waals surface area contributed by atoms with Gasteiger partial charge >= 0.3 is 0 Å². The van der Waals surface area contributed by atoms with Crippen molar-refractivity contribution in [3.05, 3.63) is 27.8 Å². The molecular weight excluding hydrogens is 310 g/mol. The summed E-state index contributed by atoms with van der Waals surface area (Å²) in [7, 11) is 0. The summed E-state index contributed by atoms with van der Waals surface area (Å²) in [6.07, 6.45) is 3.64. The topological polar surface area (TPSA) is 58.3 Å². The maximum atomic E-state index is 5.40. The van der Waals surface area contributed by atoms with E-state index in [1.807, 2.05) is 0 Å². The molecule has 124 valence electrons. The average Bonchev–Trinajstić information content (AvgIpc) is 3.10. The van der Waals surface area contributed by atoms with Crippen LogP contribution in [-0.4, -0.2) is 51.1 Å². The number of nitrogens with zero attached hydrogens (tertiary/aromatic N) is 5. The van der Waals surface area contributed by atoms with Gasteiger partial charge < -0.3 is 4.52 Å². The van der Waals surface area contributed by atoms with E-state index in [2.05, 4.69) is 37.2 Å². The summed E-state index contributed by atoms with van der Waals surface area (Å²) in [5.74, 6) is 2.46. The van der Waals surface area contributed by atoms with Gasteiger partial charge in [-0.25, -0.2) is 4.98 Å². The fourth-order valence-corrected chi connectivity index (χ4v) is 3.63. The third-order valence-electron chi connectivity index (χ3n) is 4.55. The largest absolute Gasteiger partial charge is 0.338 e. The minimum absolute atomic E-state index is 0.768. The van der Waals surface area contributed by atoms with E-state index in [0.29, 0.717) is 0 Å². The van der Waals surface area contributed by atoms with Gasteiger partial charge in [-0.05, 0) is 25.7 Å². The van der Waals surface area contributed by atoms with Gasteiger partial charge in [0.25, 0.3) is 0 Å². The van der Waals surface area contributed by atoms with Crippen LogP contribution in [0.15, 0.2) is 9.90 Å². The van der Waals surface area contributed by atoms with Crippen molar-refractivity contribution in [2.75, 3.05) is 26.2 Å². The van der Waals surface area contributed by atoms with Gasteiger partial charge in [-0.15, -0.1) is 11.3 Å². The molecule has 2 aliphatic rings.